The first-order chi connectivity index (χ1) is 12.8. The molecule has 0 aliphatic heterocycles. The van der Waals surface area contributed by atoms with E-state index in [4.69, 9.17) is 4.74 Å². The van der Waals surface area contributed by atoms with Crippen molar-refractivity contribution in [1.82, 2.24) is 9.55 Å². The minimum Gasteiger partial charge on any atom is -0.497 e. The first-order valence-corrected chi connectivity index (χ1v) is 8.93. The van der Waals surface area contributed by atoms with Crippen LogP contribution in [-0.4, -0.2) is 21.8 Å². The van der Waals surface area contributed by atoms with Crippen molar-refractivity contribution in [1.29, 1.82) is 0 Å². The first kappa shape index (κ1) is 20.5. The number of ether oxygens (including phenoxy) is 1. The van der Waals surface area contributed by atoms with Gasteiger partial charge >= 0.3 is 0 Å². The average molecular weight is 368 g/mol. The lowest BCUT2D eigenvalue weighted by molar-refractivity contribution is 0.0783. The minimum atomic E-state index is -0.797. The molecule has 0 bridgehead atoms. The second kappa shape index (κ2) is 8.73. The van der Waals surface area contributed by atoms with Crippen LogP contribution in [0.5, 0.6) is 5.75 Å². The molecule has 0 saturated carbocycles. The molecule has 5 heteroatoms. The van der Waals surface area contributed by atoms with Crippen molar-refractivity contribution in [2.75, 3.05) is 7.11 Å². The Bertz CT molecular complexity index is 975. The standard InChI is InChI=1S/C12H14N2O.C10H14O2/c1-3-4-7-14-8-9(2)10-5-6-13-11(10)12(14)15;1-10(2,11)8-5-4-6-9(7-8)12-3/h3-6,8,13H,7H2,1-2H3;4-7,11H,1-3H3/b4-3+;. The molecule has 0 unspecified atom stereocenters. The fourth-order valence-electron chi connectivity index (χ4n) is 2.74. The van der Waals surface area contributed by atoms with Crippen LogP contribution in [0.4, 0.5) is 0 Å². The lowest BCUT2D eigenvalue weighted by Crippen LogP contribution is -2.19. The van der Waals surface area contributed by atoms with Crippen molar-refractivity contribution in [3.05, 3.63) is 76.4 Å². The monoisotopic (exact) mass is 368 g/mol. The molecule has 0 fully saturated rings. The SMILES string of the molecule is C/C=C/Cn1cc(C)c2cc[nH]c2c1=O.COc1cccc(C(C)(C)O)c1. The van der Waals surface area contributed by atoms with Crippen molar-refractivity contribution in [3.8, 4) is 5.75 Å². The van der Waals surface area contributed by atoms with E-state index >= 15 is 0 Å². The summed E-state index contributed by atoms with van der Waals surface area (Å²) < 4.78 is 6.76. The number of benzene rings is 1. The smallest absolute Gasteiger partial charge is 0.275 e. The summed E-state index contributed by atoms with van der Waals surface area (Å²) >= 11 is 0. The highest BCUT2D eigenvalue weighted by Crippen LogP contribution is 2.23. The van der Waals surface area contributed by atoms with Crippen LogP contribution in [0.2, 0.25) is 0 Å². The number of aromatic amines is 1. The summed E-state index contributed by atoms with van der Waals surface area (Å²) in [6.07, 6.45) is 7.62. The Kier molecular flexibility index (Phi) is 6.64. The zero-order valence-corrected chi connectivity index (χ0v) is 16.6. The second-order valence-corrected chi connectivity index (χ2v) is 6.90. The van der Waals surface area contributed by atoms with Gasteiger partial charge in [0.25, 0.3) is 5.56 Å². The molecular weight excluding hydrogens is 340 g/mol. The van der Waals surface area contributed by atoms with Crippen LogP contribution in [-0.2, 0) is 12.1 Å². The molecule has 0 aliphatic rings. The maximum atomic E-state index is 11.9. The number of methoxy groups -OCH3 is 1. The van der Waals surface area contributed by atoms with Crippen molar-refractivity contribution < 1.29 is 9.84 Å². The zero-order valence-electron chi connectivity index (χ0n) is 16.6. The van der Waals surface area contributed by atoms with Gasteiger partial charge in [-0.05, 0) is 57.0 Å². The highest BCUT2D eigenvalue weighted by molar-refractivity contribution is 5.81. The molecular formula is C22H28N2O3. The van der Waals surface area contributed by atoms with Crippen LogP contribution < -0.4 is 10.3 Å². The van der Waals surface area contributed by atoms with Crippen LogP contribution in [0.3, 0.4) is 0 Å². The summed E-state index contributed by atoms with van der Waals surface area (Å²) in [7, 11) is 1.61. The van der Waals surface area contributed by atoms with Crippen LogP contribution >= 0.6 is 0 Å². The Morgan fingerprint density at radius 3 is 2.67 bits per heavy atom. The number of hydrogen-bond donors (Lipinski definition) is 2. The van der Waals surface area contributed by atoms with Gasteiger partial charge in [0.1, 0.15) is 11.3 Å². The zero-order chi connectivity index (χ0) is 20.0. The van der Waals surface area contributed by atoms with E-state index in [-0.39, 0.29) is 5.56 Å². The lowest BCUT2D eigenvalue weighted by Gasteiger charge is -2.17. The van der Waals surface area contributed by atoms with Gasteiger partial charge in [-0.1, -0.05) is 24.3 Å². The summed E-state index contributed by atoms with van der Waals surface area (Å²) in [6.45, 7) is 8.10. The van der Waals surface area contributed by atoms with E-state index in [9.17, 15) is 9.90 Å². The number of nitrogens with one attached hydrogen (secondary N) is 1. The van der Waals surface area contributed by atoms with Gasteiger partial charge in [-0.15, -0.1) is 0 Å². The third kappa shape index (κ3) is 5.11. The number of pyridine rings is 1. The molecule has 2 N–H and O–H groups in total. The van der Waals surface area contributed by atoms with E-state index in [0.717, 1.165) is 22.3 Å². The summed E-state index contributed by atoms with van der Waals surface area (Å²) in [6, 6.07) is 9.37. The van der Waals surface area contributed by atoms with Crippen molar-refractivity contribution in [2.45, 2.75) is 39.8 Å². The Hall–Kier alpha value is -2.79. The maximum Gasteiger partial charge on any atom is 0.275 e. The minimum absolute atomic E-state index is 0.0405. The van der Waals surface area contributed by atoms with Crippen molar-refractivity contribution in [3.63, 3.8) is 0 Å². The van der Waals surface area contributed by atoms with Crippen LogP contribution in [0, 0.1) is 6.92 Å². The molecule has 27 heavy (non-hydrogen) atoms. The lowest BCUT2D eigenvalue weighted by atomic mass is 9.98. The molecule has 0 saturated heterocycles. The Morgan fingerprint density at radius 2 is 2.04 bits per heavy atom. The van der Waals surface area contributed by atoms with E-state index in [1.807, 2.05) is 62.5 Å². The van der Waals surface area contributed by atoms with Gasteiger partial charge in [0.15, 0.2) is 0 Å². The molecule has 5 nitrogen and oxygen atoms in total. The first-order valence-electron chi connectivity index (χ1n) is 8.93. The van der Waals surface area contributed by atoms with Crippen LogP contribution in [0.25, 0.3) is 10.9 Å². The van der Waals surface area contributed by atoms with Crippen LogP contribution in [0.15, 0.2) is 59.7 Å². The van der Waals surface area contributed by atoms with E-state index in [2.05, 4.69) is 4.98 Å². The fraction of sp³-hybridized carbons (Fsp3) is 0.318. The summed E-state index contributed by atoms with van der Waals surface area (Å²) in [4.78, 5) is 14.9. The number of allylic oxidation sites excluding steroid dienone is 2. The van der Waals surface area contributed by atoms with Gasteiger partial charge in [0, 0.05) is 24.3 Å². The molecule has 0 amide bonds. The van der Waals surface area contributed by atoms with E-state index in [1.165, 1.54) is 0 Å². The summed E-state index contributed by atoms with van der Waals surface area (Å²) in [5.41, 5.74) is 1.92. The van der Waals surface area contributed by atoms with E-state index in [0.29, 0.717) is 12.1 Å². The number of aliphatic hydroxyl groups is 1. The van der Waals surface area contributed by atoms with Gasteiger partial charge in [-0.25, -0.2) is 0 Å². The summed E-state index contributed by atoms with van der Waals surface area (Å²) in [5.74, 6) is 0.773. The number of hydrogen-bond acceptors (Lipinski definition) is 3. The largest absolute Gasteiger partial charge is 0.497 e. The fourth-order valence-corrected chi connectivity index (χ4v) is 2.74. The van der Waals surface area contributed by atoms with Gasteiger partial charge in [0.2, 0.25) is 0 Å². The molecule has 0 aliphatic carbocycles. The predicted octanol–water partition coefficient (Wildman–Crippen LogP) is 4.14. The third-order valence-corrected chi connectivity index (χ3v) is 4.31. The number of nitrogens with zero attached hydrogens (tertiary/aromatic N) is 1. The molecule has 0 radical (unpaired) electrons. The van der Waals surface area contributed by atoms with Crippen LogP contribution in [0.1, 0.15) is 31.9 Å². The summed E-state index contributed by atoms with van der Waals surface area (Å²) in [5, 5.41) is 10.7. The Morgan fingerprint density at radius 1 is 1.30 bits per heavy atom. The molecule has 2 aromatic heterocycles. The molecule has 2 heterocycles. The predicted molar refractivity (Wildman–Crippen MR) is 110 cm³/mol. The quantitative estimate of drug-likeness (QED) is 0.680. The molecule has 3 aromatic rings. The van der Waals surface area contributed by atoms with Gasteiger partial charge in [-0.3, -0.25) is 4.79 Å². The molecule has 144 valence electrons. The van der Waals surface area contributed by atoms with E-state index in [1.54, 1.807) is 31.7 Å². The Labute approximate surface area is 159 Å². The third-order valence-electron chi connectivity index (χ3n) is 4.31. The number of aromatic nitrogens is 2. The highest BCUT2D eigenvalue weighted by Gasteiger charge is 2.15. The highest BCUT2D eigenvalue weighted by atomic mass is 16.5. The topological polar surface area (TPSA) is 67.2 Å². The molecule has 3 rings (SSSR count). The molecule has 1 aromatic carbocycles. The van der Waals surface area contributed by atoms with Gasteiger partial charge in [0.05, 0.1) is 12.7 Å². The second-order valence-electron chi connectivity index (χ2n) is 6.90. The molecule has 0 spiro atoms. The number of H-pyrrole nitrogens is 1. The number of fused-ring (bicyclic) bond motifs is 1. The molecule has 0 atom stereocenters. The maximum absolute atomic E-state index is 11.9. The normalized spacial score (nSPS) is 11.5. The average Bonchev–Trinajstić information content (AvgIpc) is 3.14. The number of aryl methyl sites for hydroxylation is 1. The van der Waals surface area contributed by atoms with E-state index < -0.39 is 5.60 Å². The Balaban J connectivity index is 0.000000199. The van der Waals surface area contributed by atoms with Gasteiger partial charge in [-0.2, -0.15) is 0 Å². The van der Waals surface area contributed by atoms with Crippen molar-refractivity contribution in [2.24, 2.45) is 0 Å². The van der Waals surface area contributed by atoms with Crippen molar-refractivity contribution >= 4 is 10.9 Å². The number of rotatable bonds is 4. The van der Waals surface area contributed by atoms with Gasteiger partial charge < -0.3 is 19.4 Å².